The maximum absolute atomic E-state index is 12.6. The van der Waals surface area contributed by atoms with E-state index in [-0.39, 0.29) is 35.3 Å². The van der Waals surface area contributed by atoms with Crippen LogP contribution in [0.25, 0.3) is 11.0 Å². The molecule has 31 heavy (non-hydrogen) atoms. The minimum absolute atomic E-state index is 0.0585. The average Bonchev–Trinajstić information content (AvgIpc) is 3.16. The fourth-order valence-electron chi connectivity index (χ4n) is 3.23. The molecule has 2 aromatic heterocycles. The number of anilines is 1. The molecule has 1 fully saturated rings. The van der Waals surface area contributed by atoms with Gasteiger partial charge in [0.05, 0.1) is 31.8 Å². The van der Waals surface area contributed by atoms with Gasteiger partial charge < -0.3 is 20.1 Å². The lowest BCUT2D eigenvalue weighted by Crippen LogP contribution is -2.41. The molecule has 0 spiro atoms. The number of fused-ring (bicyclic) bond motifs is 1. The summed E-state index contributed by atoms with van der Waals surface area (Å²) < 4.78 is 12.0. The molecule has 1 aliphatic carbocycles. The number of nitrogens with zero attached hydrogens (tertiary/aromatic N) is 4. The zero-order valence-electron chi connectivity index (χ0n) is 16.9. The van der Waals surface area contributed by atoms with Gasteiger partial charge in [0.25, 0.3) is 5.56 Å². The summed E-state index contributed by atoms with van der Waals surface area (Å²) in [6.07, 6.45) is 6.13. The zero-order chi connectivity index (χ0) is 22.0. The Morgan fingerprint density at radius 3 is 2.84 bits per heavy atom. The van der Waals surface area contributed by atoms with Gasteiger partial charge in [0.15, 0.2) is 5.76 Å². The fraction of sp³-hybridized carbons (Fsp3) is 0.350. The van der Waals surface area contributed by atoms with Crippen LogP contribution in [0.3, 0.4) is 0 Å². The van der Waals surface area contributed by atoms with Gasteiger partial charge in [-0.05, 0) is 30.7 Å². The minimum Gasteiger partial charge on any atom is -0.490 e. The quantitative estimate of drug-likeness (QED) is 0.710. The van der Waals surface area contributed by atoms with Crippen molar-refractivity contribution < 1.29 is 19.1 Å². The van der Waals surface area contributed by atoms with Crippen LogP contribution in [0.15, 0.2) is 34.4 Å². The number of morpholine rings is 1. The van der Waals surface area contributed by atoms with E-state index in [4.69, 9.17) is 15.2 Å². The molecule has 11 heteroatoms. The molecule has 0 atom stereocenters. The van der Waals surface area contributed by atoms with Crippen molar-refractivity contribution >= 4 is 39.9 Å². The summed E-state index contributed by atoms with van der Waals surface area (Å²) in [6, 6.07) is 0. The van der Waals surface area contributed by atoms with Crippen molar-refractivity contribution in [1.82, 2.24) is 19.5 Å². The van der Waals surface area contributed by atoms with Crippen molar-refractivity contribution in [2.45, 2.75) is 13.3 Å². The summed E-state index contributed by atoms with van der Waals surface area (Å²) in [7, 11) is 0. The molecule has 0 unspecified atom stereocenters. The van der Waals surface area contributed by atoms with Crippen molar-refractivity contribution in [1.29, 1.82) is 0 Å². The highest BCUT2D eigenvalue weighted by atomic mass is 32.1. The van der Waals surface area contributed by atoms with E-state index in [2.05, 4.69) is 10.1 Å². The van der Waals surface area contributed by atoms with Crippen molar-refractivity contribution in [3.63, 3.8) is 0 Å². The number of hydrogen-bond acceptors (Lipinski definition) is 9. The predicted molar refractivity (Wildman–Crippen MR) is 114 cm³/mol. The third-order valence-corrected chi connectivity index (χ3v) is 5.69. The second kappa shape index (κ2) is 8.82. The summed E-state index contributed by atoms with van der Waals surface area (Å²) in [6.45, 7) is 4.27. The van der Waals surface area contributed by atoms with Gasteiger partial charge in [0.2, 0.25) is 16.7 Å². The Kier molecular flexibility index (Phi) is 5.96. The van der Waals surface area contributed by atoms with E-state index in [1.165, 1.54) is 16.7 Å². The molecule has 3 heterocycles. The second-order valence-corrected chi connectivity index (χ2v) is 7.90. The standard InChI is InChI=1S/C20H21N5O5S/c1-2-30-15-10-12(3-4-14(15)26)9-13-18(21)25-20(22-19(13)28)31-16(23-25)11-17(27)24-5-7-29-8-6-24/h3-4,9-10H,2,5-8,11,21H2,1H3/b12-9+. The van der Waals surface area contributed by atoms with Gasteiger partial charge >= 0.3 is 0 Å². The van der Waals surface area contributed by atoms with Crippen LogP contribution in [-0.4, -0.2) is 64.1 Å². The van der Waals surface area contributed by atoms with Gasteiger partial charge in [0, 0.05) is 13.1 Å². The monoisotopic (exact) mass is 443 g/mol. The lowest BCUT2D eigenvalue weighted by molar-refractivity contribution is -0.134. The highest BCUT2D eigenvalue weighted by Gasteiger charge is 2.21. The summed E-state index contributed by atoms with van der Waals surface area (Å²) >= 11 is 1.15. The van der Waals surface area contributed by atoms with Crippen LogP contribution >= 0.6 is 11.3 Å². The van der Waals surface area contributed by atoms with Crippen LogP contribution in [0.1, 0.15) is 17.5 Å². The minimum atomic E-state index is -0.517. The summed E-state index contributed by atoms with van der Waals surface area (Å²) in [5.41, 5.74) is 6.42. The van der Waals surface area contributed by atoms with Crippen LogP contribution in [0.5, 0.6) is 0 Å². The van der Waals surface area contributed by atoms with Crippen LogP contribution in [0, 0.1) is 0 Å². The van der Waals surface area contributed by atoms with Crippen LogP contribution in [-0.2, 0) is 25.5 Å². The Balaban J connectivity index is 1.64. The van der Waals surface area contributed by atoms with Crippen molar-refractivity contribution in [2.75, 3.05) is 38.6 Å². The number of ketones is 1. The first-order chi connectivity index (χ1) is 15.0. The molecule has 162 valence electrons. The molecule has 2 aliphatic rings. The summed E-state index contributed by atoms with van der Waals surface area (Å²) in [5.74, 6) is 0.00479. The average molecular weight is 443 g/mol. The van der Waals surface area contributed by atoms with Crippen LogP contribution in [0.2, 0.25) is 0 Å². The first-order valence-electron chi connectivity index (χ1n) is 9.78. The molecule has 2 N–H and O–H groups in total. The number of ether oxygens (including phenoxy) is 2. The number of amides is 1. The molecular formula is C20H21N5O5S. The number of nitrogens with two attached hydrogens (primary N) is 1. The first kappa shape index (κ1) is 20.9. The van der Waals surface area contributed by atoms with Crippen molar-refractivity contribution in [2.24, 2.45) is 0 Å². The lowest BCUT2D eigenvalue weighted by Gasteiger charge is -2.26. The Bertz CT molecular complexity index is 1190. The highest BCUT2D eigenvalue weighted by Crippen LogP contribution is 2.21. The molecule has 4 rings (SSSR count). The van der Waals surface area contributed by atoms with E-state index >= 15 is 0 Å². The van der Waals surface area contributed by atoms with Gasteiger partial charge in [0.1, 0.15) is 10.8 Å². The number of allylic oxidation sites excluding steroid dienone is 4. The number of hydrogen-bond donors (Lipinski definition) is 1. The predicted octanol–water partition coefficient (Wildman–Crippen LogP) is 0.577. The topological polar surface area (TPSA) is 129 Å². The van der Waals surface area contributed by atoms with Gasteiger partial charge in [-0.2, -0.15) is 14.6 Å². The third-order valence-electron chi connectivity index (χ3n) is 4.78. The number of nitrogen functional groups attached to an aromatic ring is 1. The molecule has 2 aromatic rings. The van der Waals surface area contributed by atoms with E-state index in [0.29, 0.717) is 48.5 Å². The highest BCUT2D eigenvalue weighted by molar-refractivity contribution is 7.16. The maximum atomic E-state index is 12.6. The van der Waals surface area contributed by atoms with E-state index < -0.39 is 5.56 Å². The smallest absolute Gasteiger partial charge is 0.283 e. The van der Waals surface area contributed by atoms with Gasteiger partial charge in [-0.15, -0.1) is 0 Å². The van der Waals surface area contributed by atoms with E-state index in [0.717, 1.165) is 11.3 Å². The normalized spacial score (nSPS) is 18.0. The number of carbonyl (C=O) groups excluding carboxylic acids is 2. The van der Waals surface area contributed by atoms with Crippen molar-refractivity contribution in [3.8, 4) is 0 Å². The molecule has 1 amide bonds. The maximum Gasteiger partial charge on any atom is 0.283 e. The second-order valence-electron chi connectivity index (χ2n) is 6.86. The van der Waals surface area contributed by atoms with Crippen molar-refractivity contribution in [3.05, 3.63) is 50.5 Å². The van der Waals surface area contributed by atoms with Gasteiger partial charge in [-0.1, -0.05) is 17.4 Å². The fourth-order valence-corrected chi connectivity index (χ4v) is 4.11. The molecule has 1 saturated heterocycles. The van der Waals surface area contributed by atoms with E-state index in [9.17, 15) is 14.4 Å². The van der Waals surface area contributed by atoms with Gasteiger partial charge in [-0.3, -0.25) is 14.4 Å². The molecular weight excluding hydrogens is 422 g/mol. The molecule has 0 aromatic carbocycles. The summed E-state index contributed by atoms with van der Waals surface area (Å²) in [5, 5.41) is 4.90. The Hall–Kier alpha value is -3.31. The van der Waals surface area contributed by atoms with E-state index in [1.54, 1.807) is 24.0 Å². The summed E-state index contributed by atoms with van der Waals surface area (Å²) in [4.78, 5) is 43.0. The van der Waals surface area contributed by atoms with Crippen LogP contribution < -0.4 is 11.3 Å². The molecule has 0 bridgehead atoms. The Morgan fingerprint density at radius 2 is 2.10 bits per heavy atom. The largest absolute Gasteiger partial charge is 0.490 e. The number of rotatable bonds is 5. The number of aromatic nitrogens is 3. The van der Waals surface area contributed by atoms with Crippen LogP contribution in [0.4, 0.5) is 5.82 Å². The SMILES string of the molecule is CCOC1=C/C(=C/c2c(N)n3nc(CC(=O)N4CCOCC4)sc3nc2=O)C=CC1=O. The Labute approximate surface area is 181 Å². The van der Waals surface area contributed by atoms with E-state index in [1.807, 2.05) is 0 Å². The molecule has 0 saturated carbocycles. The molecule has 10 nitrogen and oxygen atoms in total. The molecule has 0 radical (unpaired) electrons. The van der Waals surface area contributed by atoms with Gasteiger partial charge in [-0.25, -0.2) is 0 Å². The Morgan fingerprint density at radius 1 is 1.32 bits per heavy atom. The third kappa shape index (κ3) is 4.42. The molecule has 1 aliphatic heterocycles. The first-order valence-corrected chi connectivity index (χ1v) is 10.6. The number of carbonyl (C=O) groups is 2. The zero-order valence-corrected chi connectivity index (χ0v) is 17.7. The lowest BCUT2D eigenvalue weighted by atomic mass is 10.0.